The third-order valence-corrected chi connectivity index (χ3v) is 7.55. The molecule has 1 saturated carbocycles. The van der Waals surface area contributed by atoms with Crippen molar-refractivity contribution in [1.82, 2.24) is 5.32 Å². The number of carbonyl (C=O) groups is 4. The molecule has 0 aliphatic heterocycles. The van der Waals surface area contributed by atoms with E-state index in [9.17, 15) is 34.5 Å². The van der Waals surface area contributed by atoms with E-state index in [4.69, 9.17) is 5.73 Å². The predicted octanol–water partition coefficient (Wildman–Crippen LogP) is 2.51. The molecule has 3 atom stereocenters. The summed E-state index contributed by atoms with van der Waals surface area (Å²) in [6.07, 6.45) is 5.75. The summed E-state index contributed by atoms with van der Waals surface area (Å²) in [5.74, 6) is -5.72. The van der Waals surface area contributed by atoms with Gasteiger partial charge in [-0.1, -0.05) is 12.1 Å². The van der Waals surface area contributed by atoms with Crippen molar-refractivity contribution >= 4 is 34.7 Å². The summed E-state index contributed by atoms with van der Waals surface area (Å²) >= 11 is 0. The van der Waals surface area contributed by atoms with Crippen molar-refractivity contribution in [2.24, 2.45) is 23.5 Å². The van der Waals surface area contributed by atoms with E-state index in [0.717, 1.165) is 11.1 Å². The van der Waals surface area contributed by atoms with Crippen molar-refractivity contribution in [3.8, 4) is 5.75 Å². The number of Topliss-reactive ketones (excluding diaryl/α,β-unsaturated/α-hetero) is 2. The fourth-order valence-electron chi connectivity index (χ4n) is 6.15. The van der Waals surface area contributed by atoms with Crippen LogP contribution in [-0.2, 0) is 25.6 Å². The molecule has 0 spiro atoms. The molecule has 1 aromatic rings. The largest absolute Gasteiger partial charge is 0.511 e. The minimum atomic E-state index is -1.14. The maximum absolute atomic E-state index is 13.5. The first-order valence-corrected chi connectivity index (χ1v) is 11.9. The zero-order valence-electron chi connectivity index (χ0n) is 19.6. The summed E-state index contributed by atoms with van der Waals surface area (Å²) in [5, 5.41) is 35.4. The maximum Gasteiger partial charge on any atom is 0.255 e. The van der Waals surface area contributed by atoms with Crippen LogP contribution in [0.15, 0.2) is 46.9 Å². The number of aromatic hydroxyl groups is 1. The smallest absolute Gasteiger partial charge is 0.255 e. The highest BCUT2D eigenvalue weighted by atomic mass is 16.3. The molecule has 0 radical (unpaired) electrons. The second-order valence-corrected chi connectivity index (χ2v) is 9.79. The number of fused-ring (bicyclic) bond motifs is 3. The first-order valence-electron chi connectivity index (χ1n) is 11.9. The number of phenols is 1. The van der Waals surface area contributed by atoms with Crippen LogP contribution in [0.1, 0.15) is 49.3 Å². The molecule has 186 valence electrons. The topological polar surface area (TPSA) is 167 Å². The number of primary amides is 1. The van der Waals surface area contributed by atoms with Gasteiger partial charge in [-0.3, -0.25) is 19.2 Å². The van der Waals surface area contributed by atoms with E-state index in [-0.39, 0.29) is 35.0 Å². The van der Waals surface area contributed by atoms with Crippen LogP contribution >= 0.6 is 0 Å². The Bertz CT molecular complexity index is 1380. The molecule has 5 rings (SSSR count). The summed E-state index contributed by atoms with van der Waals surface area (Å²) in [6.45, 7) is 1.43. The quantitative estimate of drug-likeness (QED) is 0.406. The maximum atomic E-state index is 13.5. The van der Waals surface area contributed by atoms with Gasteiger partial charge in [0.05, 0.1) is 11.5 Å². The van der Waals surface area contributed by atoms with Crippen LogP contribution in [0.4, 0.5) is 0 Å². The number of phenolic OH excluding ortho intramolecular Hbond substituents is 1. The van der Waals surface area contributed by atoms with Crippen LogP contribution in [0, 0.1) is 17.8 Å². The summed E-state index contributed by atoms with van der Waals surface area (Å²) in [6, 6.07) is 3.22. The third kappa shape index (κ3) is 3.62. The highest BCUT2D eigenvalue weighted by Crippen LogP contribution is 2.51. The number of aliphatic hydroxyl groups is 2. The lowest BCUT2D eigenvalue weighted by Crippen LogP contribution is -2.44. The number of allylic oxidation sites excluding steroid dienone is 5. The minimum Gasteiger partial charge on any atom is -0.511 e. The number of ketones is 2. The summed E-state index contributed by atoms with van der Waals surface area (Å²) in [4.78, 5) is 49.3. The highest BCUT2D eigenvalue weighted by molar-refractivity contribution is 6.21. The Labute approximate surface area is 206 Å². The van der Waals surface area contributed by atoms with E-state index < -0.39 is 46.6 Å². The molecule has 9 nitrogen and oxygen atoms in total. The van der Waals surface area contributed by atoms with Gasteiger partial charge in [0.1, 0.15) is 22.8 Å². The van der Waals surface area contributed by atoms with Crippen LogP contribution in [0.5, 0.6) is 5.75 Å². The van der Waals surface area contributed by atoms with Gasteiger partial charge in [-0.25, -0.2) is 0 Å². The summed E-state index contributed by atoms with van der Waals surface area (Å²) in [7, 11) is 0. The fourth-order valence-corrected chi connectivity index (χ4v) is 6.15. The lowest BCUT2D eigenvalue weighted by molar-refractivity contribution is -0.127. The Hall–Kier alpha value is -4.14. The second-order valence-electron chi connectivity index (χ2n) is 9.79. The van der Waals surface area contributed by atoms with Gasteiger partial charge in [0.25, 0.3) is 5.91 Å². The van der Waals surface area contributed by atoms with E-state index in [1.54, 1.807) is 6.07 Å². The van der Waals surface area contributed by atoms with Crippen molar-refractivity contribution in [3.05, 3.63) is 63.6 Å². The summed E-state index contributed by atoms with van der Waals surface area (Å²) < 4.78 is 0. The molecule has 0 bridgehead atoms. The molecule has 4 aliphatic carbocycles. The number of rotatable bonds is 3. The normalized spacial score (nSPS) is 25.4. The number of carbonyl (C=O) groups excluding carboxylic acids is 4. The first-order chi connectivity index (χ1) is 17.1. The Morgan fingerprint density at radius 3 is 2.56 bits per heavy atom. The number of amides is 2. The van der Waals surface area contributed by atoms with Gasteiger partial charge < -0.3 is 26.4 Å². The van der Waals surface area contributed by atoms with Crippen LogP contribution in [0.25, 0.3) is 11.3 Å². The molecule has 2 amide bonds. The van der Waals surface area contributed by atoms with E-state index in [1.807, 2.05) is 12.2 Å². The average molecular weight is 491 g/mol. The zero-order chi connectivity index (χ0) is 25.9. The van der Waals surface area contributed by atoms with Crippen molar-refractivity contribution < 1.29 is 34.5 Å². The molecule has 4 aliphatic rings. The van der Waals surface area contributed by atoms with Gasteiger partial charge in [-0.05, 0) is 66.4 Å². The number of benzene rings is 1. The number of aliphatic hydroxyl groups excluding tert-OH is 2. The van der Waals surface area contributed by atoms with Crippen molar-refractivity contribution in [2.45, 2.75) is 39.0 Å². The molecular weight excluding hydrogens is 464 g/mol. The van der Waals surface area contributed by atoms with E-state index >= 15 is 0 Å². The Balaban J connectivity index is 1.61. The third-order valence-electron chi connectivity index (χ3n) is 7.55. The zero-order valence-corrected chi connectivity index (χ0v) is 19.6. The monoisotopic (exact) mass is 490 g/mol. The van der Waals surface area contributed by atoms with Gasteiger partial charge >= 0.3 is 0 Å². The lowest BCUT2D eigenvalue weighted by Gasteiger charge is -2.41. The minimum absolute atomic E-state index is 0.0809. The van der Waals surface area contributed by atoms with Gasteiger partial charge in [-0.15, -0.1) is 0 Å². The van der Waals surface area contributed by atoms with Crippen LogP contribution in [0.3, 0.4) is 0 Å². The van der Waals surface area contributed by atoms with Crippen LogP contribution in [0.2, 0.25) is 0 Å². The number of hydrogen-bond donors (Lipinski definition) is 5. The van der Waals surface area contributed by atoms with E-state index in [0.29, 0.717) is 36.9 Å². The van der Waals surface area contributed by atoms with Crippen LogP contribution in [-0.4, -0.2) is 38.7 Å². The Morgan fingerprint density at radius 1 is 1.11 bits per heavy atom. The molecule has 6 N–H and O–H groups in total. The lowest BCUT2D eigenvalue weighted by atomic mass is 9.61. The number of nitrogens with one attached hydrogen (secondary N) is 1. The van der Waals surface area contributed by atoms with Crippen molar-refractivity contribution in [1.29, 1.82) is 0 Å². The van der Waals surface area contributed by atoms with E-state index in [2.05, 4.69) is 5.32 Å². The standard InChI is InChI=1S/C27H26N2O7/c1-11(30)29-15-4-2-3-12(8-15)16-5-6-18(31)22-17(16)9-13-7-14-10-19(32)23(27(28)36)26(35)21(14)24(33)20(13)25(22)34/h4-6,8,13-14,21,31,34-35H,2-3,7,9-10H2,1H3,(H2,28,36)(H,29,30)/t13-,14+,21?/m1/s1. The molecule has 0 aromatic heterocycles. The molecule has 1 aromatic carbocycles. The molecular formula is C27H26N2O7. The number of hydrogen-bond acceptors (Lipinski definition) is 7. The summed E-state index contributed by atoms with van der Waals surface area (Å²) in [5.41, 5.74) is 8.03. The highest BCUT2D eigenvalue weighted by Gasteiger charge is 2.51. The molecule has 0 saturated heterocycles. The fraction of sp³-hybridized carbons (Fsp3) is 0.333. The average Bonchev–Trinajstić information content (AvgIpc) is 2.78. The molecule has 9 heteroatoms. The van der Waals surface area contributed by atoms with Crippen molar-refractivity contribution in [3.63, 3.8) is 0 Å². The Morgan fingerprint density at radius 2 is 1.86 bits per heavy atom. The van der Waals surface area contributed by atoms with Gasteiger partial charge in [0, 0.05) is 24.6 Å². The van der Waals surface area contributed by atoms with Gasteiger partial charge in [0.2, 0.25) is 5.91 Å². The van der Waals surface area contributed by atoms with E-state index in [1.165, 1.54) is 13.0 Å². The first kappa shape index (κ1) is 23.6. The molecule has 1 fully saturated rings. The van der Waals surface area contributed by atoms with Gasteiger partial charge in [-0.2, -0.15) is 0 Å². The molecule has 0 heterocycles. The molecule has 36 heavy (non-hydrogen) atoms. The van der Waals surface area contributed by atoms with Crippen molar-refractivity contribution in [2.75, 3.05) is 0 Å². The SMILES string of the molecule is CC(=O)NC1=CCCC(c2ccc(O)c3c2C[C@H]2C[C@H]4CC(=O)C(C(N)=O)=C(O)C4C(=O)C2=C3O)=C1. The Kier molecular flexibility index (Phi) is 5.58. The number of nitrogens with two attached hydrogens (primary N) is 1. The predicted molar refractivity (Wildman–Crippen MR) is 129 cm³/mol. The van der Waals surface area contributed by atoms with Gasteiger partial charge in [0.15, 0.2) is 11.6 Å². The molecule has 1 unspecified atom stereocenters. The van der Waals surface area contributed by atoms with Crippen LogP contribution < -0.4 is 11.1 Å². The second kappa shape index (κ2) is 8.51.